The van der Waals surface area contributed by atoms with E-state index in [2.05, 4.69) is 16.2 Å². The first-order valence-corrected chi connectivity index (χ1v) is 6.78. The number of piperidine rings is 1. The van der Waals surface area contributed by atoms with Gasteiger partial charge in [-0.3, -0.25) is 4.90 Å². The second-order valence-corrected chi connectivity index (χ2v) is 5.00. The summed E-state index contributed by atoms with van der Waals surface area (Å²) in [5.41, 5.74) is 7.23. The minimum Gasteiger partial charge on any atom is -0.433 e. The van der Waals surface area contributed by atoms with Crippen LogP contribution in [0.15, 0.2) is 30.9 Å². The molecule has 0 aromatic heterocycles. The van der Waals surface area contributed by atoms with Gasteiger partial charge in [-0.05, 0) is 43.5 Å². The Bertz CT molecular complexity index is 457. The summed E-state index contributed by atoms with van der Waals surface area (Å²) in [7, 11) is 0. The van der Waals surface area contributed by atoms with E-state index in [4.69, 9.17) is 5.73 Å². The molecular formula is C15H20F2N2O. The van der Waals surface area contributed by atoms with E-state index in [-0.39, 0.29) is 5.75 Å². The van der Waals surface area contributed by atoms with Gasteiger partial charge in [-0.25, -0.2) is 0 Å². The third kappa shape index (κ3) is 3.48. The molecule has 20 heavy (non-hydrogen) atoms. The molecular weight excluding hydrogens is 262 g/mol. The number of ether oxygens (including phenoxy) is 1. The summed E-state index contributed by atoms with van der Waals surface area (Å²) in [4.78, 5) is 2.32. The Morgan fingerprint density at radius 1 is 1.40 bits per heavy atom. The molecule has 0 unspecified atom stereocenters. The Kier molecular flexibility index (Phi) is 4.95. The standard InChI is InChI=1S/C15H20F2N2O/c1-2-8-19-9-6-11(7-10-19)12-4-3-5-13(14(12)18)20-15(16)17/h2-5,11,15H,1,6-10,18H2. The maximum atomic E-state index is 12.3. The predicted octanol–water partition coefficient (Wildman–Crippen LogP) is 3.24. The summed E-state index contributed by atoms with van der Waals surface area (Å²) in [6.45, 7) is 3.71. The monoisotopic (exact) mass is 282 g/mol. The average molecular weight is 282 g/mol. The molecule has 0 aliphatic carbocycles. The molecule has 0 radical (unpaired) electrons. The molecule has 0 amide bonds. The maximum absolute atomic E-state index is 12.3. The highest BCUT2D eigenvalue weighted by Crippen LogP contribution is 2.36. The van der Waals surface area contributed by atoms with E-state index in [1.54, 1.807) is 6.07 Å². The average Bonchev–Trinajstić information content (AvgIpc) is 2.42. The molecule has 5 heteroatoms. The summed E-state index contributed by atoms with van der Waals surface area (Å²) in [6, 6.07) is 5.11. The topological polar surface area (TPSA) is 38.5 Å². The van der Waals surface area contributed by atoms with Crippen molar-refractivity contribution in [1.82, 2.24) is 4.90 Å². The molecule has 0 spiro atoms. The van der Waals surface area contributed by atoms with Crippen molar-refractivity contribution in [3.05, 3.63) is 36.4 Å². The van der Waals surface area contributed by atoms with Crippen molar-refractivity contribution in [2.24, 2.45) is 0 Å². The summed E-state index contributed by atoms with van der Waals surface area (Å²) >= 11 is 0. The molecule has 1 aliphatic heterocycles. The van der Waals surface area contributed by atoms with Gasteiger partial charge >= 0.3 is 6.61 Å². The highest BCUT2D eigenvalue weighted by molar-refractivity contribution is 5.59. The number of nitrogens with zero attached hydrogens (tertiary/aromatic N) is 1. The van der Waals surface area contributed by atoms with Crippen LogP contribution in [-0.2, 0) is 0 Å². The zero-order valence-corrected chi connectivity index (χ0v) is 11.4. The van der Waals surface area contributed by atoms with Crippen LogP contribution in [-0.4, -0.2) is 31.1 Å². The van der Waals surface area contributed by atoms with Crippen molar-refractivity contribution >= 4 is 5.69 Å². The van der Waals surface area contributed by atoms with Crippen LogP contribution in [0.5, 0.6) is 5.75 Å². The second-order valence-electron chi connectivity index (χ2n) is 5.00. The van der Waals surface area contributed by atoms with Gasteiger partial charge in [0.25, 0.3) is 0 Å². The molecule has 0 atom stereocenters. The largest absolute Gasteiger partial charge is 0.433 e. The molecule has 1 aromatic rings. The number of halogens is 2. The molecule has 2 N–H and O–H groups in total. The minimum absolute atomic E-state index is 0.0750. The third-order valence-electron chi connectivity index (χ3n) is 3.73. The zero-order chi connectivity index (χ0) is 14.5. The molecule has 0 bridgehead atoms. The van der Waals surface area contributed by atoms with Gasteiger partial charge in [0.1, 0.15) is 5.75 Å². The Morgan fingerprint density at radius 3 is 2.70 bits per heavy atom. The van der Waals surface area contributed by atoms with Crippen LogP contribution in [0.3, 0.4) is 0 Å². The molecule has 2 rings (SSSR count). The number of benzene rings is 1. The van der Waals surface area contributed by atoms with E-state index in [0.717, 1.165) is 38.0 Å². The van der Waals surface area contributed by atoms with Gasteiger partial charge in [-0.1, -0.05) is 18.2 Å². The Morgan fingerprint density at radius 2 is 2.10 bits per heavy atom. The van der Waals surface area contributed by atoms with E-state index in [9.17, 15) is 8.78 Å². The number of para-hydroxylation sites is 1. The lowest BCUT2D eigenvalue weighted by atomic mass is 9.88. The van der Waals surface area contributed by atoms with E-state index in [1.807, 2.05) is 12.1 Å². The summed E-state index contributed by atoms with van der Waals surface area (Å²) in [5.74, 6) is 0.378. The fourth-order valence-corrected chi connectivity index (χ4v) is 2.72. The molecule has 3 nitrogen and oxygen atoms in total. The number of rotatable bonds is 5. The number of hydrogen-bond acceptors (Lipinski definition) is 3. The first-order chi connectivity index (χ1) is 9.61. The van der Waals surface area contributed by atoms with Gasteiger partial charge < -0.3 is 10.5 Å². The van der Waals surface area contributed by atoms with Crippen LogP contribution in [0.25, 0.3) is 0 Å². The molecule has 110 valence electrons. The zero-order valence-electron chi connectivity index (χ0n) is 11.4. The lowest BCUT2D eigenvalue weighted by Gasteiger charge is -2.32. The second kappa shape index (κ2) is 6.70. The number of alkyl halides is 2. The van der Waals surface area contributed by atoms with Crippen molar-refractivity contribution in [2.75, 3.05) is 25.4 Å². The number of nitrogens with two attached hydrogens (primary N) is 1. The fourth-order valence-electron chi connectivity index (χ4n) is 2.72. The number of likely N-dealkylation sites (tertiary alicyclic amines) is 1. The van der Waals surface area contributed by atoms with Crippen LogP contribution in [0.2, 0.25) is 0 Å². The Hall–Kier alpha value is -1.62. The lowest BCUT2D eigenvalue weighted by molar-refractivity contribution is -0.0493. The van der Waals surface area contributed by atoms with Crippen LogP contribution in [0.1, 0.15) is 24.3 Å². The normalized spacial score (nSPS) is 17.4. The van der Waals surface area contributed by atoms with Gasteiger partial charge in [0, 0.05) is 6.54 Å². The predicted molar refractivity (Wildman–Crippen MR) is 76.1 cm³/mol. The highest BCUT2D eigenvalue weighted by atomic mass is 19.3. The van der Waals surface area contributed by atoms with E-state index in [1.165, 1.54) is 6.07 Å². The van der Waals surface area contributed by atoms with E-state index >= 15 is 0 Å². The Balaban J connectivity index is 2.08. The summed E-state index contributed by atoms with van der Waals surface area (Å²) in [6.07, 6.45) is 3.83. The van der Waals surface area contributed by atoms with Gasteiger partial charge in [0.2, 0.25) is 0 Å². The number of hydrogen-bond donors (Lipinski definition) is 1. The van der Waals surface area contributed by atoms with Crippen molar-refractivity contribution in [3.63, 3.8) is 0 Å². The molecule has 1 saturated heterocycles. The minimum atomic E-state index is -2.85. The SMILES string of the molecule is C=CCN1CCC(c2cccc(OC(F)F)c2N)CC1. The summed E-state index contributed by atoms with van der Waals surface area (Å²) < 4.78 is 29.1. The lowest BCUT2D eigenvalue weighted by Crippen LogP contribution is -2.33. The number of anilines is 1. The van der Waals surface area contributed by atoms with Crippen LogP contribution in [0.4, 0.5) is 14.5 Å². The van der Waals surface area contributed by atoms with E-state index < -0.39 is 6.61 Å². The quantitative estimate of drug-likeness (QED) is 0.665. The van der Waals surface area contributed by atoms with Crippen molar-refractivity contribution < 1.29 is 13.5 Å². The van der Waals surface area contributed by atoms with Crippen molar-refractivity contribution in [2.45, 2.75) is 25.4 Å². The van der Waals surface area contributed by atoms with Gasteiger partial charge in [-0.15, -0.1) is 6.58 Å². The van der Waals surface area contributed by atoms with Gasteiger partial charge in [0.05, 0.1) is 5.69 Å². The van der Waals surface area contributed by atoms with Crippen LogP contribution in [0, 0.1) is 0 Å². The van der Waals surface area contributed by atoms with E-state index in [0.29, 0.717) is 11.6 Å². The molecule has 1 fully saturated rings. The first kappa shape index (κ1) is 14.8. The fraction of sp³-hybridized carbons (Fsp3) is 0.467. The van der Waals surface area contributed by atoms with Gasteiger partial charge in [0.15, 0.2) is 0 Å². The van der Waals surface area contributed by atoms with Crippen LogP contribution >= 0.6 is 0 Å². The molecule has 1 aromatic carbocycles. The van der Waals surface area contributed by atoms with Crippen LogP contribution < -0.4 is 10.5 Å². The smallest absolute Gasteiger partial charge is 0.387 e. The summed E-state index contributed by atoms with van der Waals surface area (Å²) in [5, 5.41) is 0. The molecule has 1 aliphatic rings. The third-order valence-corrected chi connectivity index (χ3v) is 3.73. The number of nitrogen functional groups attached to an aromatic ring is 1. The first-order valence-electron chi connectivity index (χ1n) is 6.78. The van der Waals surface area contributed by atoms with Crippen molar-refractivity contribution in [1.29, 1.82) is 0 Å². The molecule has 1 heterocycles. The van der Waals surface area contributed by atoms with Crippen molar-refractivity contribution in [3.8, 4) is 5.75 Å². The maximum Gasteiger partial charge on any atom is 0.387 e. The van der Waals surface area contributed by atoms with Gasteiger partial charge in [-0.2, -0.15) is 8.78 Å². The molecule has 0 saturated carbocycles. The highest BCUT2D eigenvalue weighted by Gasteiger charge is 2.23. The Labute approximate surface area is 118 Å².